The first kappa shape index (κ1) is 13.1. The topological polar surface area (TPSA) is 50.2 Å². The molecular weight excluding hydrogens is 262 g/mol. The van der Waals surface area contributed by atoms with E-state index in [1.165, 1.54) is 6.08 Å². The first-order chi connectivity index (χ1) is 10.3. The normalized spacial score (nSPS) is 11.0. The molecule has 0 amide bonds. The van der Waals surface area contributed by atoms with Gasteiger partial charge in [-0.05, 0) is 41.1 Å². The highest BCUT2D eigenvalue weighted by molar-refractivity contribution is 6.07. The molecule has 0 unspecified atom stereocenters. The van der Waals surface area contributed by atoms with Crippen molar-refractivity contribution in [2.45, 2.75) is 0 Å². The van der Waals surface area contributed by atoms with Gasteiger partial charge in [-0.3, -0.25) is 9.78 Å². The number of allylic oxidation sites excluding steroid dienone is 1. The number of benzene rings is 2. The average molecular weight is 275 g/mol. The lowest BCUT2D eigenvalue weighted by atomic mass is 10.0. The third kappa shape index (κ3) is 2.67. The summed E-state index contributed by atoms with van der Waals surface area (Å²) in [5, 5.41) is 11.9. The summed E-state index contributed by atoms with van der Waals surface area (Å²) in [6.07, 6.45) is 4.65. The van der Waals surface area contributed by atoms with Crippen LogP contribution in [0.2, 0.25) is 0 Å². The molecule has 2 aromatic carbocycles. The van der Waals surface area contributed by atoms with E-state index >= 15 is 0 Å². The zero-order valence-electron chi connectivity index (χ0n) is 11.2. The molecule has 0 aliphatic carbocycles. The van der Waals surface area contributed by atoms with E-state index in [2.05, 4.69) is 4.98 Å². The number of hydrogen-bond donors (Lipinski definition) is 1. The van der Waals surface area contributed by atoms with E-state index in [4.69, 9.17) is 0 Å². The molecule has 0 aliphatic rings. The van der Waals surface area contributed by atoms with Crippen molar-refractivity contribution in [1.82, 2.24) is 4.98 Å². The van der Waals surface area contributed by atoms with Gasteiger partial charge in [-0.25, -0.2) is 0 Å². The minimum Gasteiger partial charge on any atom is -0.507 e. The molecule has 21 heavy (non-hydrogen) atoms. The minimum absolute atomic E-state index is 0.152. The second-order valence-electron chi connectivity index (χ2n) is 4.63. The fraction of sp³-hybridized carbons (Fsp3) is 0. The second-order valence-corrected chi connectivity index (χ2v) is 4.63. The minimum atomic E-state index is -0.192. The Balaban J connectivity index is 2.00. The third-order valence-electron chi connectivity index (χ3n) is 3.27. The van der Waals surface area contributed by atoms with Gasteiger partial charge in [0.2, 0.25) is 5.78 Å². The second kappa shape index (κ2) is 5.59. The van der Waals surface area contributed by atoms with Crippen molar-refractivity contribution in [2.75, 3.05) is 0 Å². The molecule has 1 heterocycles. The number of hydrogen-bond acceptors (Lipinski definition) is 3. The van der Waals surface area contributed by atoms with Gasteiger partial charge < -0.3 is 5.11 Å². The monoisotopic (exact) mass is 275 g/mol. The van der Waals surface area contributed by atoms with Gasteiger partial charge in [0.05, 0.1) is 0 Å². The SMILES string of the molecule is O=C(/C=C/c1c(O)ccc2ccccc12)c1ccccn1. The van der Waals surface area contributed by atoms with Gasteiger partial charge in [-0.15, -0.1) is 0 Å². The summed E-state index contributed by atoms with van der Waals surface area (Å²) in [5.74, 6) is -0.0401. The van der Waals surface area contributed by atoms with Gasteiger partial charge >= 0.3 is 0 Å². The van der Waals surface area contributed by atoms with Crippen LogP contribution in [0.1, 0.15) is 16.1 Å². The van der Waals surface area contributed by atoms with Crippen LogP contribution in [0.25, 0.3) is 16.8 Å². The number of pyridine rings is 1. The van der Waals surface area contributed by atoms with E-state index in [-0.39, 0.29) is 11.5 Å². The molecular formula is C18H13NO2. The van der Waals surface area contributed by atoms with Gasteiger partial charge in [0.25, 0.3) is 0 Å². The number of phenols is 1. The molecule has 0 spiro atoms. The van der Waals surface area contributed by atoms with Crippen LogP contribution in [0.4, 0.5) is 0 Å². The third-order valence-corrected chi connectivity index (χ3v) is 3.27. The molecule has 102 valence electrons. The molecule has 0 saturated heterocycles. The molecule has 0 atom stereocenters. The summed E-state index contributed by atoms with van der Waals surface area (Å²) in [7, 11) is 0. The van der Waals surface area contributed by atoms with Crippen LogP contribution < -0.4 is 0 Å². The van der Waals surface area contributed by atoms with Gasteiger partial charge in [-0.2, -0.15) is 0 Å². The maximum absolute atomic E-state index is 12.0. The maximum atomic E-state index is 12.0. The summed E-state index contributed by atoms with van der Waals surface area (Å²) in [5.41, 5.74) is 1.02. The van der Waals surface area contributed by atoms with E-state index in [9.17, 15) is 9.90 Å². The molecule has 0 radical (unpaired) electrons. The van der Waals surface area contributed by atoms with Crippen molar-refractivity contribution in [3.05, 3.63) is 78.1 Å². The fourth-order valence-corrected chi connectivity index (χ4v) is 2.21. The Hall–Kier alpha value is -2.94. The summed E-state index contributed by atoms with van der Waals surface area (Å²) in [6.45, 7) is 0. The summed E-state index contributed by atoms with van der Waals surface area (Å²) < 4.78 is 0. The fourth-order valence-electron chi connectivity index (χ4n) is 2.21. The molecule has 0 bridgehead atoms. The summed E-state index contributed by atoms with van der Waals surface area (Å²) >= 11 is 0. The van der Waals surface area contributed by atoms with Crippen LogP contribution in [0.15, 0.2) is 66.9 Å². The van der Waals surface area contributed by atoms with Crippen molar-refractivity contribution < 1.29 is 9.90 Å². The Bertz CT molecular complexity index is 823. The summed E-state index contributed by atoms with van der Waals surface area (Å²) in [6, 6.07) is 16.4. The highest BCUT2D eigenvalue weighted by atomic mass is 16.3. The van der Waals surface area contributed by atoms with Crippen LogP contribution in [-0.2, 0) is 0 Å². The predicted molar refractivity (Wildman–Crippen MR) is 83.2 cm³/mol. The zero-order chi connectivity index (χ0) is 14.7. The number of rotatable bonds is 3. The lowest BCUT2D eigenvalue weighted by Gasteiger charge is -2.04. The van der Waals surface area contributed by atoms with Crippen LogP contribution in [0.5, 0.6) is 5.75 Å². The van der Waals surface area contributed by atoms with E-state index in [1.54, 1.807) is 36.5 Å². The van der Waals surface area contributed by atoms with E-state index in [0.29, 0.717) is 11.3 Å². The lowest BCUT2D eigenvalue weighted by molar-refractivity contribution is 0.104. The Morgan fingerprint density at radius 3 is 2.62 bits per heavy atom. The number of ketones is 1. The van der Waals surface area contributed by atoms with Crippen molar-refractivity contribution in [3.8, 4) is 5.75 Å². The molecule has 0 fully saturated rings. The smallest absolute Gasteiger partial charge is 0.204 e. The Morgan fingerprint density at radius 1 is 1.00 bits per heavy atom. The van der Waals surface area contributed by atoms with Crippen LogP contribution >= 0.6 is 0 Å². The lowest BCUT2D eigenvalue weighted by Crippen LogP contribution is -1.96. The number of carbonyl (C=O) groups excluding carboxylic acids is 1. The molecule has 1 N–H and O–H groups in total. The van der Waals surface area contributed by atoms with Crippen LogP contribution in [0.3, 0.4) is 0 Å². The standard InChI is InChI=1S/C18H13NO2/c20-17-10-8-13-5-1-2-6-14(13)15(17)9-11-18(21)16-7-3-4-12-19-16/h1-12,20H/b11-9+. The molecule has 3 rings (SSSR count). The van der Waals surface area contributed by atoms with Crippen molar-refractivity contribution in [2.24, 2.45) is 0 Å². The quantitative estimate of drug-likeness (QED) is 0.583. The first-order valence-corrected chi connectivity index (χ1v) is 6.60. The molecule has 1 aromatic heterocycles. The number of phenolic OH excluding ortho intramolecular Hbond substituents is 1. The van der Waals surface area contributed by atoms with Gasteiger partial charge in [0, 0.05) is 11.8 Å². The van der Waals surface area contributed by atoms with Crippen molar-refractivity contribution in [1.29, 1.82) is 0 Å². The Labute approximate surface area is 122 Å². The maximum Gasteiger partial charge on any atom is 0.204 e. The number of carbonyl (C=O) groups is 1. The number of fused-ring (bicyclic) bond motifs is 1. The first-order valence-electron chi connectivity index (χ1n) is 6.60. The van der Waals surface area contributed by atoms with E-state index in [0.717, 1.165) is 10.8 Å². The zero-order valence-corrected chi connectivity index (χ0v) is 11.2. The number of aromatic hydroxyl groups is 1. The molecule has 3 heteroatoms. The largest absolute Gasteiger partial charge is 0.507 e. The summed E-state index contributed by atoms with van der Waals surface area (Å²) in [4.78, 5) is 16.0. The average Bonchev–Trinajstić information content (AvgIpc) is 2.54. The van der Waals surface area contributed by atoms with Gasteiger partial charge in [-0.1, -0.05) is 36.4 Å². The molecule has 3 nitrogen and oxygen atoms in total. The van der Waals surface area contributed by atoms with E-state index in [1.807, 2.05) is 30.3 Å². The molecule has 0 aliphatic heterocycles. The van der Waals surface area contributed by atoms with Gasteiger partial charge in [0.15, 0.2) is 0 Å². The Kier molecular flexibility index (Phi) is 3.48. The number of nitrogens with zero attached hydrogens (tertiary/aromatic N) is 1. The highest BCUT2D eigenvalue weighted by Crippen LogP contribution is 2.28. The Morgan fingerprint density at radius 2 is 1.81 bits per heavy atom. The van der Waals surface area contributed by atoms with Crippen LogP contribution in [0, 0.1) is 0 Å². The highest BCUT2D eigenvalue weighted by Gasteiger charge is 2.06. The molecule has 0 saturated carbocycles. The van der Waals surface area contributed by atoms with Gasteiger partial charge in [0.1, 0.15) is 11.4 Å². The predicted octanol–water partition coefficient (Wildman–Crippen LogP) is 3.84. The van der Waals surface area contributed by atoms with Crippen molar-refractivity contribution in [3.63, 3.8) is 0 Å². The van der Waals surface area contributed by atoms with Crippen molar-refractivity contribution >= 4 is 22.6 Å². The van der Waals surface area contributed by atoms with Crippen LogP contribution in [-0.4, -0.2) is 15.9 Å². The number of aromatic nitrogens is 1. The molecule has 3 aromatic rings. The van der Waals surface area contributed by atoms with E-state index < -0.39 is 0 Å².